The number of nitrogens with zero attached hydrogens (tertiary/aromatic N) is 1. The van der Waals surface area contributed by atoms with Gasteiger partial charge in [0.1, 0.15) is 11.5 Å². The SMILES string of the molecule is COc1ccc(/C=C(\C#N)c2ccc(Br)cc2)c(OC)c1. The van der Waals surface area contributed by atoms with Crippen LogP contribution in [0, 0.1) is 11.3 Å². The van der Waals surface area contributed by atoms with Crippen molar-refractivity contribution in [1.29, 1.82) is 5.26 Å². The predicted octanol–water partition coefficient (Wildman–Crippen LogP) is 4.53. The van der Waals surface area contributed by atoms with E-state index in [1.807, 2.05) is 42.5 Å². The molecule has 0 radical (unpaired) electrons. The van der Waals surface area contributed by atoms with Gasteiger partial charge in [-0.25, -0.2) is 0 Å². The molecule has 0 aliphatic heterocycles. The first-order chi connectivity index (χ1) is 10.2. The van der Waals surface area contributed by atoms with Gasteiger partial charge in [-0.05, 0) is 35.9 Å². The molecule has 0 aliphatic carbocycles. The summed E-state index contributed by atoms with van der Waals surface area (Å²) in [7, 11) is 3.20. The molecule has 106 valence electrons. The minimum absolute atomic E-state index is 0.575. The van der Waals surface area contributed by atoms with E-state index in [0.717, 1.165) is 15.6 Å². The maximum atomic E-state index is 9.38. The Bertz CT molecular complexity index is 700. The van der Waals surface area contributed by atoms with E-state index in [1.54, 1.807) is 20.3 Å². The highest BCUT2D eigenvalue weighted by Crippen LogP contribution is 2.28. The van der Waals surface area contributed by atoms with Crippen molar-refractivity contribution in [2.24, 2.45) is 0 Å². The highest BCUT2D eigenvalue weighted by molar-refractivity contribution is 9.10. The number of allylic oxidation sites excluding steroid dienone is 1. The molecule has 0 saturated heterocycles. The van der Waals surface area contributed by atoms with Crippen molar-refractivity contribution in [3.05, 3.63) is 58.1 Å². The Kier molecular flexibility index (Phi) is 5.02. The van der Waals surface area contributed by atoms with Crippen LogP contribution in [-0.2, 0) is 0 Å². The Hall–Kier alpha value is -2.25. The predicted molar refractivity (Wildman–Crippen MR) is 87.2 cm³/mol. The van der Waals surface area contributed by atoms with Gasteiger partial charge < -0.3 is 9.47 Å². The molecular formula is C17H14BrNO2. The van der Waals surface area contributed by atoms with E-state index < -0.39 is 0 Å². The Labute approximate surface area is 132 Å². The largest absolute Gasteiger partial charge is 0.497 e. The smallest absolute Gasteiger partial charge is 0.129 e. The second-order valence-electron chi connectivity index (χ2n) is 4.28. The van der Waals surface area contributed by atoms with Crippen LogP contribution in [0.5, 0.6) is 11.5 Å². The number of halogens is 1. The van der Waals surface area contributed by atoms with E-state index in [-0.39, 0.29) is 0 Å². The number of hydrogen-bond donors (Lipinski definition) is 0. The molecule has 0 spiro atoms. The van der Waals surface area contributed by atoms with Crippen LogP contribution < -0.4 is 9.47 Å². The second kappa shape index (κ2) is 6.96. The van der Waals surface area contributed by atoms with Crippen molar-refractivity contribution in [2.45, 2.75) is 0 Å². The van der Waals surface area contributed by atoms with Crippen LogP contribution in [0.1, 0.15) is 11.1 Å². The van der Waals surface area contributed by atoms with Gasteiger partial charge in [0, 0.05) is 16.1 Å². The summed E-state index contributed by atoms with van der Waals surface area (Å²) in [5.41, 5.74) is 2.27. The molecule has 0 unspecified atom stereocenters. The number of hydrogen-bond acceptors (Lipinski definition) is 3. The van der Waals surface area contributed by atoms with Crippen LogP contribution >= 0.6 is 15.9 Å². The van der Waals surface area contributed by atoms with Crippen molar-refractivity contribution in [3.8, 4) is 17.6 Å². The first-order valence-electron chi connectivity index (χ1n) is 6.27. The van der Waals surface area contributed by atoms with Gasteiger partial charge in [0.15, 0.2) is 0 Å². The lowest BCUT2D eigenvalue weighted by Crippen LogP contribution is -1.90. The summed E-state index contributed by atoms with van der Waals surface area (Å²) in [6.45, 7) is 0. The summed E-state index contributed by atoms with van der Waals surface area (Å²) in [5, 5.41) is 9.38. The van der Waals surface area contributed by atoms with Crippen LogP contribution in [0.25, 0.3) is 11.6 Å². The van der Waals surface area contributed by atoms with Crippen molar-refractivity contribution in [3.63, 3.8) is 0 Å². The summed E-state index contributed by atoms with van der Waals surface area (Å²) in [4.78, 5) is 0. The Morgan fingerprint density at radius 1 is 1.10 bits per heavy atom. The van der Waals surface area contributed by atoms with Crippen molar-refractivity contribution >= 4 is 27.6 Å². The Balaban J connectivity index is 2.45. The van der Waals surface area contributed by atoms with Gasteiger partial charge in [0.2, 0.25) is 0 Å². The Morgan fingerprint density at radius 3 is 2.38 bits per heavy atom. The van der Waals surface area contributed by atoms with Gasteiger partial charge in [-0.15, -0.1) is 0 Å². The van der Waals surface area contributed by atoms with Crippen LogP contribution in [-0.4, -0.2) is 14.2 Å². The molecule has 0 aromatic heterocycles. The molecule has 0 aliphatic rings. The number of nitriles is 1. The molecule has 0 heterocycles. The maximum absolute atomic E-state index is 9.38. The average Bonchev–Trinajstić information content (AvgIpc) is 2.53. The van der Waals surface area contributed by atoms with E-state index in [1.165, 1.54) is 0 Å². The molecule has 0 fully saturated rings. The molecule has 21 heavy (non-hydrogen) atoms. The van der Waals surface area contributed by atoms with E-state index in [2.05, 4.69) is 22.0 Å². The average molecular weight is 344 g/mol. The van der Waals surface area contributed by atoms with Gasteiger partial charge in [-0.2, -0.15) is 5.26 Å². The summed E-state index contributed by atoms with van der Waals surface area (Å²) >= 11 is 3.39. The minimum atomic E-state index is 0.575. The first kappa shape index (κ1) is 15.1. The minimum Gasteiger partial charge on any atom is -0.497 e. The number of methoxy groups -OCH3 is 2. The summed E-state index contributed by atoms with van der Waals surface area (Å²) in [5.74, 6) is 1.38. The lowest BCUT2D eigenvalue weighted by Gasteiger charge is -2.08. The molecule has 3 nitrogen and oxygen atoms in total. The highest BCUT2D eigenvalue weighted by Gasteiger charge is 2.06. The maximum Gasteiger partial charge on any atom is 0.129 e. The number of benzene rings is 2. The summed E-state index contributed by atoms with van der Waals surface area (Å²) in [6.07, 6.45) is 1.81. The highest BCUT2D eigenvalue weighted by atomic mass is 79.9. The van der Waals surface area contributed by atoms with E-state index in [4.69, 9.17) is 9.47 Å². The van der Waals surface area contributed by atoms with Gasteiger partial charge in [-0.1, -0.05) is 28.1 Å². The lowest BCUT2D eigenvalue weighted by molar-refractivity contribution is 0.394. The van der Waals surface area contributed by atoms with Gasteiger partial charge >= 0.3 is 0 Å². The first-order valence-corrected chi connectivity index (χ1v) is 7.07. The molecule has 0 bridgehead atoms. The van der Waals surface area contributed by atoms with Gasteiger partial charge in [0.25, 0.3) is 0 Å². The molecule has 0 amide bonds. The molecule has 2 aromatic rings. The topological polar surface area (TPSA) is 42.2 Å². The lowest BCUT2D eigenvalue weighted by atomic mass is 10.0. The zero-order valence-corrected chi connectivity index (χ0v) is 13.3. The van der Waals surface area contributed by atoms with Gasteiger partial charge in [-0.3, -0.25) is 0 Å². The fourth-order valence-electron chi connectivity index (χ4n) is 1.90. The fourth-order valence-corrected chi connectivity index (χ4v) is 2.17. The van der Waals surface area contributed by atoms with Crippen molar-refractivity contribution < 1.29 is 9.47 Å². The van der Waals surface area contributed by atoms with Crippen LogP contribution in [0.15, 0.2) is 46.9 Å². The van der Waals surface area contributed by atoms with Gasteiger partial charge in [0.05, 0.1) is 25.9 Å². The molecule has 0 N–H and O–H groups in total. The molecule has 0 saturated carbocycles. The molecule has 2 aromatic carbocycles. The third kappa shape index (κ3) is 3.65. The molecule has 0 atom stereocenters. The zero-order valence-electron chi connectivity index (χ0n) is 11.8. The molecular weight excluding hydrogens is 330 g/mol. The summed E-state index contributed by atoms with van der Waals surface area (Å²) in [6, 6.07) is 15.3. The van der Waals surface area contributed by atoms with E-state index >= 15 is 0 Å². The second-order valence-corrected chi connectivity index (χ2v) is 5.20. The fraction of sp³-hybridized carbons (Fsp3) is 0.118. The summed E-state index contributed by atoms with van der Waals surface area (Å²) < 4.78 is 11.5. The van der Waals surface area contributed by atoms with Crippen LogP contribution in [0.3, 0.4) is 0 Å². The zero-order chi connectivity index (χ0) is 15.2. The molecule has 2 rings (SSSR count). The third-order valence-corrected chi connectivity index (χ3v) is 3.54. The Morgan fingerprint density at radius 2 is 1.81 bits per heavy atom. The van der Waals surface area contributed by atoms with E-state index in [9.17, 15) is 5.26 Å². The molecule has 4 heteroatoms. The normalized spacial score (nSPS) is 10.9. The quantitative estimate of drug-likeness (QED) is 0.604. The van der Waals surface area contributed by atoms with Crippen molar-refractivity contribution in [2.75, 3.05) is 14.2 Å². The number of ether oxygens (including phenoxy) is 2. The standard InChI is InChI=1S/C17H14BrNO2/c1-20-16-8-5-13(17(10-16)21-2)9-14(11-19)12-3-6-15(18)7-4-12/h3-10H,1-2H3/b14-9+. The van der Waals surface area contributed by atoms with Crippen LogP contribution in [0.2, 0.25) is 0 Å². The number of rotatable bonds is 4. The van der Waals surface area contributed by atoms with E-state index in [0.29, 0.717) is 17.1 Å². The monoisotopic (exact) mass is 343 g/mol. The van der Waals surface area contributed by atoms with Crippen molar-refractivity contribution in [1.82, 2.24) is 0 Å². The van der Waals surface area contributed by atoms with Crippen LogP contribution in [0.4, 0.5) is 0 Å². The third-order valence-electron chi connectivity index (χ3n) is 3.02.